The van der Waals surface area contributed by atoms with Gasteiger partial charge in [0.25, 0.3) is 0 Å². The molecule has 3 heteroatoms. The molecule has 2 fully saturated rings. The van der Waals surface area contributed by atoms with Crippen LogP contribution in [0.5, 0.6) is 0 Å². The average Bonchev–Trinajstić information content (AvgIpc) is 2.66. The molecule has 2 aliphatic heterocycles. The van der Waals surface area contributed by atoms with Crippen LogP contribution in [0.25, 0.3) is 0 Å². The van der Waals surface area contributed by atoms with Crippen LogP contribution in [0.3, 0.4) is 0 Å². The van der Waals surface area contributed by atoms with Crippen LogP contribution in [0.15, 0.2) is 0 Å². The molecule has 0 saturated carbocycles. The Bertz CT molecular complexity index is 190. The van der Waals surface area contributed by atoms with Gasteiger partial charge in [-0.1, -0.05) is 13.3 Å². The molecule has 0 aromatic rings. The molecule has 1 N–H and O–H groups in total. The second kappa shape index (κ2) is 4.81. The lowest BCUT2D eigenvalue weighted by Gasteiger charge is -2.39. The van der Waals surface area contributed by atoms with Crippen molar-refractivity contribution in [3.05, 3.63) is 6.92 Å². The highest BCUT2D eigenvalue weighted by Crippen LogP contribution is 2.26. The smallest absolute Gasteiger partial charge is 0.121 e. The van der Waals surface area contributed by atoms with Crippen molar-refractivity contribution in [3.8, 4) is 0 Å². The first-order valence-electron chi connectivity index (χ1n) is 6.15. The summed E-state index contributed by atoms with van der Waals surface area (Å²) < 4.78 is 5.81. The maximum absolute atomic E-state index is 5.81. The second-order valence-electron chi connectivity index (χ2n) is 5.01. The highest BCUT2D eigenvalue weighted by atomic mass is 16.5. The number of piperidine rings is 1. The molecule has 0 bridgehead atoms. The molecule has 1 atom stereocenters. The molecule has 2 heterocycles. The number of ether oxygens (including phenoxy) is 1. The molecular weight excluding hydrogens is 188 g/mol. The molecule has 2 aliphatic rings. The third-order valence-corrected chi connectivity index (χ3v) is 3.53. The first-order valence-corrected chi connectivity index (χ1v) is 6.15. The lowest BCUT2D eigenvalue weighted by atomic mass is 10.00. The number of rotatable bonds is 3. The van der Waals surface area contributed by atoms with Crippen molar-refractivity contribution in [1.82, 2.24) is 10.2 Å². The van der Waals surface area contributed by atoms with Gasteiger partial charge in [0.1, 0.15) is 5.72 Å². The van der Waals surface area contributed by atoms with E-state index in [1.807, 2.05) is 0 Å². The third kappa shape index (κ3) is 2.92. The maximum atomic E-state index is 5.81. The quantitative estimate of drug-likeness (QED) is 0.711. The number of likely N-dealkylation sites (tertiary alicyclic amines) is 1. The topological polar surface area (TPSA) is 24.5 Å². The van der Waals surface area contributed by atoms with E-state index in [1.165, 1.54) is 26.1 Å². The Morgan fingerprint density at radius 3 is 2.73 bits per heavy atom. The van der Waals surface area contributed by atoms with Crippen molar-refractivity contribution in [2.24, 2.45) is 5.92 Å². The summed E-state index contributed by atoms with van der Waals surface area (Å²) in [7, 11) is 0. The van der Waals surface area contributed by atoms with Crippen molar-refractivity contribution < 1.29 is 4.74 Å². The summed E-state index contributed by atoms with van der Waals surface area (Å²) in [5, 5.41) is 3.50. The van der Waals surface area contributed by atoms with E-state index in [0.29, 0.717) is 5.92 Å². The fraction of sp³-hybridized carbons (Fsp3) is 0.917. The van der Waals surface area contributed by atoms with E-state index in [1.54, 1.807) is 0 Å². The summed E-state index contributed by atoms with van der Waals surface area (Å²) in [6, 6.07) is 0. The van der Waals surface area contributed by atoms with E-state index < -0.39 is 0 Å². The summed E-state index contributed by atoms with van der Waals surface area (Å²) in [5.74, 6) is 0.571. The van der Waals surface area contributed by atoms with Gasteiger partial charge in [-0.25, -0.2) is 0 Å². The fourth-order valence-corrected chi connectivity index (χ4v) is 2.44. The number of hydrogen-bond donors (Lipinski definition) is 1. The van der Waals surface area contributed by atoms with Gasteiger partial charge in [-0.05, 0) is 6.54 Å². The van der Waals surface area contributed by atoms with E-state index in [4.69, 9.17) is 4.74 Å². The van der Waals surface area contributed by atoms with Crippen LogP contribution in [0.4, 0.5) is 0 Å². The van der Waals surface area contributed by atoms with E-state index in [-0.39, 0.29) is 5.72 Å². The normalized spacial score (nSPS) is 28.4. The van der Waals surface area contributed by atoms with E-state index in [9.17, 15) is 0 Å². The molecular formula is C12H23N2O-. The number of hydrogen-bond acceptors (Lipinski definition) is 3. The van der Waals surface area contributed by atoms with Gasteiger partial charge in [0.2, 0.25) is 0 Å². The first kappa shape index (κ1) is 11.4. The Balaban J connectivity index is 1.72. The molecule has 0 radical (unpaired) electrons. The zero-order valence-corrected chi connectivity index (χ0v) is 9.80. The van der Waals surface area contributed by atoms with Crippen molar-refractivity contribution in [2.75, 3.05) is 32.8 Å². The third-order valence-electron chi connectivity index (χ3n) is 3.53. The number of nitrogens with one attached hydrogen (secondary N) is 1. The second-order valence-corrected chi connectivity index (χ2v) is 5.01. The van der Waals surface area contributed by atoms with E-state index in [0.717, 1.165) is 26.0 Å². The van der Waals surface area contributed by atoms with Crippen molar-refractivity contribution in [1.29, 1.82) is 0 Å². The van der Waals surface area contributed by atoms with Gasteiger partial charge in [-0.2, -0.15) is 5.92 Å². The Labute approximate surface area is 93.2 Å². The summed E-state index contributed by atoms with van der Waals surface area (Å²) in [4.78, 5) is 2.54. The fourth-order valence-electron chi connectivity index (χ4n) is 2.44. The molecule has 2 rings (SSSR count). The predicted octanol–water partition coefficient (Wildman–Crippen LogP) is 1.26. The summed E-state index contributed by atoms with van der Waals surface area (Å²) in [6.45, 7) is 11.7. The Kier molecular flexibility index (Phi) is 3.65. The van der Waals surface area contributed by atoms with Crippen LogP contribution in [0.1, 0.15) is 26.2 Å². The molecule has 15 heavy (non-hydrogen) atoms. The number of nitrogens with zero attached hydrogens (tertiary/aromatic N) is 1. The molecule has 0 aromatic heterocycles. The van der Waals surface area contributed by atoms with Crippen LogP contribution in [0, 0.1) is 12.8 Å². The highest BCUT2D eigenvalue weighted by Gasteiger charge is 2.37. The lowest BCUT2D eigenvalue weighted by molar-refractivity contribution is -0.0566. The van der Waals surface area contributed by atoms with Crippen LogP contribution in [-0.2, 0) is 4.74 Å². The van der Waals surface area contributed by atoms with Crippen LogP contribution in [0.2, 0.25) is 0 Å². The van der Waals surface area contributed by atoms with Crippen molar-refractivity contribution in [3.63, 3.8) is 0 Å². The zero-order valence-electron chi connectivity index (χ0n) is 9.80. The van der Waals surface area contributed by atoms with Crippen LogP contribution in [-0.4, -0.2) is 43.4 Å². The van der Waals surface area contributed by atoms with Gasteiger partial charge in [0.05, 0.1) is 6.61 Å². The van der Waals surface area contributed by atoms with Gasteiger partial charge in [0, 0.05) is 32.5 Å². The monoisotopic (exact) mass is 211 g/mol. The molecule has 2 saturated heterocycles. The summed E-state index contributed by atoms with van der Waals surface area (Å²) in [6.07, 6.45) is 3.48. The lowest BCUT2D eigenvalue weighted by Crippen LogP contribution is -2.51. The summed E-state index contributed by atoms with van der Waals surface area (Å²) >= 11 is 0. The largest absolute Gasteiger partial charge is 0.359 e. The average molecular weight is 211 g/mol. The van der Waals surface area contributed by atoms with Gasteiger partial charge in [-0.15, -0.1) is 0 Å². The van der Waals surface area contributed by atoms with E-state index >= 15 is 0 Å². The minimum atomic E-state index is 0.0343. The van der Waals surface area contributed by atoms with E-state index in [2.05, 4.69) is 24.1 Å². The molecule has 1 unspecified atom stereocenters. The minimum absolute atomic E-state index is 0.0343. The van der Waals surface area contributed by atoms with Gasteiger partial charge < -0.3 is 16.6 Å². The minimum Gasteiger partial charge on any atom is -0.359 e. The van der Waals surface area contributed by atoms with Crippen molar-refractivity contribution in [2.45, 2.75) is 31.9 Å². The van der Waals surface area contributed by atoms with Gasteiger partial charge in [0.15, 0.2) is 0 Å². The zero-order chi connectivity index (χ0) is 10.7. The standard InChI is InChI=1S/C12H23N2O/c1-11(2)3-7-14-8-4-12(5-9-14)13-6-10-15-12/h11,13H,1,3-10H2,2H3/q-1. The van der Waals surface area contributed by atoms with Gasteiger partial charge in [-0.3, -0.25) is 5.32 Å². The predicted molar refractivity (Wildman–Crippen MR) is 61.5 cm³/mol. The molecule has 0 aromatic carbocycles. The Hall–Kier alpha value is -0.120. The molecule has 0 amide bonds. The first-order chi connectivity index (χ1) is 7.20. The molecule has 3 nitrogen and oxygen atoms in total. The molecule has 88 valence electrons. The van der Waals surface area contributed by atoms with Crippen molar-refractivity contribution >= 4 is 0 Å². The van der Waals surface area contributed by atoms with Crippen LogP contribution >= 0.6 is 0 Å². The Morgan fingerprint density at radius 2 is 2.20 bits per heavy atom. The molecule has 1 spiro atoms. The summed E-state index contributed by atoms with van der Waals surface area (Å²) in [5.41, 5.74) is 0.0343. The SMILES string of the molecule is [CH2-]C(C)CCN1CCC2(CC1)NCCO2. The maximum Gasteiger partial charge on any atom is 0.121 e. The Morgan fingerprint density at radius 1 is 1.47 bits per heavy atom. The highest BCUT2D eigenvalue weighted by molar-refractivity contribution is 4.88. The van der Waals surface area contributed by atoms with Crippen LogP contribution < -0.4 is 5.32 Å². The molecule has 0 aliphatic carbocycles. The van der Waals surface area contributed by atoms with Gasteiger partial charge >= 0.3 is 0 Å².